The van der Waals surface area contributed by atoms with Crippen LogP contribution in [0, 0.1) is 0 Å². The fourth-order valence-electron chi connectivity index (χ4n) is 3.45. The van der Waals surface area contributed by atoms with Gasteiger partial charge in [0.1, 0.15) is 5.75 Å². The lowest BCUT2D eigenvalue weighted by Gasteiger charge is -2.26. The van der Waals surface area contributed by atoms with E-state index in [0.717, 1.165) is 13.0 Å². The van der Waals surface area contributed by atoms with Crippen molar-refractivity contribution in [1.82, 2.24) is 14.9 Å². The van der Waals surface area contributed by atoms with Gasteiger partial charge >= 0.3 is 0 Å². The first-order valence-corrected chi connectivity index (χ1v) is 12.7. The third kappa shape index (κ3) is 8.92. The van der Waals surface area contributed by atoms with Gasteiger partial charge in [0, 0.05) is 6.54 Å². The predicted octanol–water partition coefficient (Wildman–Crippen LogP) is 4.07. The fourth-order valence-corrected chi connectivity index (χ4v) is 4.45. The maximum Gasteiger partial charge on any atom is 0.264 e. The molecule has 0 bridgehead atoms. The molecule has 0 spiro atoms. The first-order valence-electron chi connectivity index (χ1n) is 11.2. The molecule has 0 radical (unpaired) electrons. The van der Waals surface area contributed by atoms with E-state index in [2.05, 4.69) is 26.9 Å². The highest BCUT2D eigenvalue weighted by atomic mass is 32.2. The van der Waals surface area contributed by atoms with Crippen LogP contribution in [0.15, 0.2) is 34.2 Å². The summed E-state index contributed by atoms with van der Waals surface area (Å²) in [5.41, 5.74) is 0. The number of hydrogen-bond acceptors (Lipinski definition) is 6. The molecule has 170 valence electrons. The number of ether oxygens (including phenoxy) is 1. The third-order valence-electron chi connectivity index (χ3n) is 5.33. The molecule has 2 rings (SSSR count). The first-order chi connectivity index (χ1) is 14.5. The zero-order valence-corrected chi connectivity index (χ0v) is 19.3. The monoisotopic (exact) mass is 438 g/mol. The van der Waals surface area contributed by atoms with E-state index in [1.54, 1.807) is 19.2 Å². The van der Waals surface area contributed by atoms with E-state index in [-0.39, 0.29) is 4.90 Å². The highest BCUT2D eigenvalue weighted by Crippen LogP contribution is 2.15. The molecular formula is C22H38N4O3S. The van der Waals surface area contributed by atoms with Crippen molar-refractivity contribution in [2.24, 2.45) is 4.99 Å². The number of benzene rings is 1. The summed E-state index contributed by atoms with van der Waals surface area (Å²) in [7, 11) is -2.11. The molecule has 1 heterocycles. The molecule has 2 N–H and O–H groups in total. The van der Waals surface area contributed by atoms with Gasteiger partial charge in [0.2, 0.25) is 5.96 Å². The molecular weight excluding hydrogens is 400 g/mol. The molecule has 1 aromatic rings. The lowest BCUT2D eigenvalue weighted by Crippen LogP contribution is -2.50. The van der Waals surface area contributed by atoms with Gasteiger partial charge in [-0.15, -0.1) is 0 Å². The van der Waals surface area contributed by atoms with Crippen molar-refractivity contribution in [1.29, 1.82) is 0 Å². The van der Waals surface area contributed by atoms with Crippen molar-refractivity contribution in [2.75, 3.05) is 27.0 Å². The molecule has 0 fully saturated rings. The summed E-state index contributed by atoms with van der Waals surface area (Å²) in [6, 6.07) is 6.28. The summed E-state index contributed by atoms with van der Waals surface area (Å²) in [4.78, 5) is 6.71. The molecule has 1 aliphatic heterocycles. The molecule has 8 heteroatoms. The van der Waals surface area contributed by atoms with Crippen LogP contribution in [0.1, 0.15) is 71.1 Å². The standard InChI is InChI=1S/C22H38N4O3S/c1-3-4-5-6-7-8-9-10-11-12-17-26-18-23-22(24-19-26)25-30(27,28)21-15-13-20(29-2)14-16-21/h13-16H,3-12,17-19H2,1-2H3,(H2,23,24,25). The highest BCUT2D eigenvalue weighted by Gasteiger charge is 2.19. The van der Waals surface area contributed by atoms with Crippen LogP contribution in [-0.2, 0) is 10.0 Å². The zero-order valence-electron chi connectivity index (χ0n) is 18.5. The molecule has 0 amide bonds. The number of sulfonamides is 1. The summed E-state index contributed by atoms with van der Waals surface area (Å²) in [6.07, 6.45) is 13.2. The van der Waals surface area contributed by atoms with Crippen molar-refractivity contribution in [3.05, 3.63) is 24.3 Å². The van der Waals surface area contributed by atoms with Crippen LogP contribution in [0.2, 0.25) is 0 Å². The van der Waals surface area contributed by atoms with Crippen molar-refractivity contribution in [3.8, 4) is 5.75 Å². The van der Waals surface area contributed by atoms with E-state index >= 15 is 0 Å². The van der Waals surface area contributed by atoms with Crippen molar-refractivity contribution < 1.29 is 13.2 Å². The largest absolute Gasteiger partial charge is 0.497 e. The number of rotatable bonds is 14. The fraction of sp³-hybridized carbons (Fsp3) is 0.682. The van der Waals surface area contributed by atoms with Crippen LogP contribution >= 0.6 is 0 Å². The highest BCUT2D eigenvalue weighted by molar-refractivity contribution is 7.90. The molecule has 1 aromatic carbocycles. The summed E-state index contributed by atoms with van der Waals surface area (Å²) in [6.45, 7) is 4.34. The number of methoxy groups -OCH3 is 1. The summed E-state index contributed by atoms with van der Waals surface area (Å²) < 4.78 is 32.5. The number of hydrogen-bond donors (Lipinski definition) is 2. The van der Waals surface area contributed by atoms with Crippen molar-refractivity contribution >= 4 is 16.0 Å². The molecule has 0 unspecified atom stereocenters. The molecule has 0 atom stereocenters. The van der Waals surface area contributed by atoms with Crippen LogP contribution in [-0.4, -0.2) is 46.3 Å². The van der Waals surface area contributed by atoms with E-state index in [0.29, 0.717) is 25.0 Å². The first kappa shape index (κ1) is 24.5. The van der Waals surface area contributed by atoms with Crippen molar-refractivity contribution in [2.45, 2.75) is 76.0 Å². The minimum Gasteiger partial charge on any atom is -0.497 e. The van der Waals surface area contributed by atoms with Gasteiger partial charge < -0.3 is 10.1 Å². The van der Waals surface area contributed by atoms with E-state index in [1.807, 2.05) is 0 Å². The number of guanidine groups is 1. The minimum atomic E-state index is -3.66. The lowest BCUT2D eigenvalue weighted by atomic mass is 10.1. The van der Waals surface area contributed by atoms with Crippen LogP contribution in [0.5, 0.6) is 5.75 Å². The van der Waals surface area contributed by atoms with Crippen molar-refractivity contribution in [3.63, 3.8) is 0 Å². The Labute approximate surface area is 182 Å². The second-order valence-corrected chi connectivity index (χ2v) is 9.52. The van der Waals surface area contributed by atoms with E-state index in [1.165, 1.54) is 69.9 Å². The number of nitrogens with zero attached hydrogens (tertiary/aromatic N) is 2. The Hall–Kier alpha value is -1.80. The molecule has 30 heavy (non-hydrogen) atoms. The Bertz CT molecular complexity index is 735. The third-order valence-corrected chi connectivity index (χ3v) is 6.68. The van der Waals surface area contributed by atoms with E-state index in [4.69, 9.17) is 4.74 Å². The normalized spacial score (nSPS) is 14.8. The van der Waals surface area contributed by atoms with Crippen LogP contribution in [0.4, 0.5) is 0 Å². The summed E-state index contributed by atoms with van der Waals surface area (Å²) in [5.74, 6) is 0.912. The second kappa shape index (κ2) is 13.5. The Balaban J connectivity index is 1.60. The molecule has 0 aromatic heterocycles. The smallest absolute Gasteiger partial charge is 0.264 e. The van der Waals surface area contributed by atoms with E-state index < -0.39 is 10.0 Å². The lowest BCUT2D eigenvalue weighted by molar-refractivity contribution is 0.257. The van der Waals surface area contributed by atoms with Gasteiger partial charge in [-0.25, -0.2) is 18.1 Å². The van der Waals surface area contributed by atoms with Crippen LogP contribution in [0.3, 0.4) is 0 Å². The van der Waals surface area contributed by atoms with Gasteiger partial charge in [-0.2, -0.15) is 0 Å². The molecule has 7 nitrogen and oxygen atoms in total. The summed E-state index contributed by atoms with van der Waals surface area (Å²) >= 11 is 0. The van der Waals surface area contributed by atoms with Gasteiger partial charge in [-0.05, 0) is 30.7 Å². The Morgan fingerprint density at radius 2 is 1.60 bits per heavy atom. The number of aliphatic imine (C=N–C) groups is 1. The number of unbranched alkanes of at least 4 members (excludes halogenated alkanes) is 9. The molecule has 1 aliphatic rings. The average molecular weight is 439 g/mol. The van der Waals surface area contributed by atoms with Gasteiger partial charge in [0.25, 0.3) is 10.0 Å². The topological polar surface area (TPSA) is 83.0 Å². The van der Waals surface area contributed by atoms with Gasteiger partial charge in [0.05, 0.1) is 25.3 Å². The van der Waals surface area contributed by atoms with Crippen LogP contribution < -0.4 is 14.8 Å². The molecule has 0 aliphatic carbocycles. The zero-order chi connectivity index (χ0) is 21.7. The van der Waals surface area contributed by atoms with E-state index in [9.17, 15) is 8.42 Å². The summed E-state index contributed by atoms with van der Waals surface area (Å²) in [5, 5.41) is 3.06. The maximum atomic E-state index is 12.5. The predicted molar refractivity (Wildman–Crippen MR) is 122 cm³/mol. The quantitative estimate of drug-likeness (QED) is 0.428. The Kier molecular flexibility index (Phi) is 11.0. The molecule has 0 saturated carbocycles. The maximum absolute atomic E-state index is 12.5. The van der Waals surface area contributed by atoms with Gasteiger partial charge in [-0.1, -0.05) is 64.7 Å². The van der Waals surface area contributed by atoms with Gasteiger partial charge in [0.15, 0.2) is 0 Å². The second-order valence-electron chi connectivity index (χ2n) is 7.84. The molecule has 0 saturated heterocycles. The Morgan fingerprint density at radius 3 is 2.13 bits per heavy atom. The van der Waals surface area contributed by atoms with Gasteiger partial charge in [-0.3, -0.25) is 4.90 Å². The Morgan fingerprint density at radius 1 is 1.00 bits per heavy atom. The SMILES string of the molecule is CCCCCCCCCCCCN1CN=C(NS(=O)(=O)c2ccc(OC)cc2)NC1. The minimum absolute atomic E-state index is 0.181. The number of nitrogens with one attached hydrogen (secondary N) is 2. The van der Waals surface area contributed by atoms with Crippen LogP contribution in [0.25, 0.3) is 0 Å². The average Bonchev–Trinajstić information content (AvgIpc) is 2.76.